The van der Waals surface area contributed by atoms with E-state index in [4.69, 9.17) is 0 Å². The number of rotatable bonds is 3. The van der Waals surface area contributed by atoms with Crippen molar-refractivity contribution < 1.29 is 13.2 Å². The van der Waals surface area contributed by atoms with Crippen LogP contribution in [0.25, 0.3) is 0 Å². The Hall–Kier alpha value is -0.510. The van der Waals surface area contributed by atoms with Gasteiger partial charge in [-0.25, -0.2) is 0 Å². The van der Waals surface area contributed by atoms with E-state index in [0.29, 0.717) is 0 Å². The third-order valence-electron chi connectivity index (χ3n) is 2.71. The molecule has 0 aliphatic heterocycles. The molecule has 0 aliphatic rings. The van der Waals surface area contributed by atoms with Gasteiger partial charge in [-0.3, -0.25) is 0 Å². The van der Waals surface area contributed by atoms with Crippen LogP contribution in [-0.2, 0) is 0 Å². The molecular weight excluding hydrogens is 233 g/mol. The minimum atomic E-state index is -4.06. The highest BCUT2D eigenvalue weighted by Gasteiger charge is 2.33. The predicted octanol–water partition coefficient (Wildman–Crippen LogP) is 5.22. The Kier molecular flexibility index (Phi) is 4.05. The minimum Gasteiger partial charge on any atom is -0.171 e. The molecule has 1 heterocycles. The molecule has 16 heavy (non-hydrogen) atoms. The van der Waals surface area contributed by atoms with E-state index in [9.17, 15) is 13.2 Å². The number of halogens is 3. The van der Waals surface area contributed by atoms with Crippen molar-refractivity contribution >= 4 is 11.3 Å². The highest BCUT2D eigenvalue weighted by atomic mass is 32.1. The van der Waals surface area contributed by atoms with Gasteiger partial charge in [0.15, 0.2) is 0 Å². The van der Waals surface area contributed by atoms with Crippen molar-refractivity contribution in [3.8, 4) is 0 Å². The lowest BCUT2D eigenvalue weighted by Gasteiger charge is -2.30. The maximum atomic E-state index is 12.2. The molecule has 0 nitrogen and oxygen atoms in total. The van der Waals surface area contributed by atoms with Crippen LogP contribution in [0.4, 0.5) is 13.2 Å². The minimum absolute atomic E-state index is 0.0274. The van der Waals surface area contributed by atoms with Crippen LogP contribution in [0.15, 0.2) is 16.8 Å². The van der Waals surface area contributed by atoms with Gasteiger partial charge in [-0.1, -0.05) is 20.8 Å². The quantitative estimate of drug-likeness (QED) is 0.690. The Labute approximate surface area is 98.5 Å². The molecule has 1 aromatic rings. The predicted molar refractivity (Wildman–Crippen MR) is 61.8 cm³/mol. The van der Waals surface area contributed by atoms with Gasteiger partial charge in [-0.15, -0.1) is 0 Å². The van der Waals surface area contributed by atoms with Crippen molar-refractivity contribution in [2.45, 2.75) is 45.7 Å². The molecule has 1 aromatic heterocycles. The largest absolute Gasteiger partial charge is 0.389 e. The summed E-state index contributed by atoms with van der Waals surface area (Å²) in [4.78, 5) is 0. The number of thiophene rings is 1. The lowest BCUT2D eigenvalue weighted by molar-refractivity contribution is -0.137. The summed E-state index contributed by atoms with van der Waals surface area (Å²) in [5, 5.41) is 3.87. The summed E-state index contributed by atoms with van der Waals surface area (Å²) >= 11 is 1.54. The summed E-state index contributed by atoms with van der Waals surface area (Å²) < 4.78 is 36.7. The van der Waals surface area contributed by atoms with Gasteiger partial charge >= 0.3 is 6.18 Å². The normalized spacial score (nSPS) is 15.1. The Morgan fingerprint density at radius 1 is 1.25 bits per heavy atom. The van der Waals surface area contributed by atoms with Gasteiger partial charge in [0.2, 0.25) is 0 Å². The van der Waals surface area contributed by atoms with E-state index in [-0.39, 0.29) is 17.8 Å². The molecule has 1 atom stereocenters. The molecule has 0 amide bonds. The second-order valence-electron chi connectivity index (χ2n) is 5.13. The zero-order valence-corrected chi connectivity index (χ0v) is 10.6. The van der Waals surface area contributed by atoms with Gasteiger partial charge < -0.3 is 0 Å². The first-order valence-electron chi connectivity index (χ1n) is 5.29. The summed E-state index contributed by atoms with van der Waals surface area (Å²) in [5.74, 6) is -0.0274. The summed E-state index contributed by atoms with van der Waals surface area (Å²) in [6.07, 6.45) is -4.59. The molecular formula is C12H17F3S. The van der Waals surface area contributed by atoms with Crippen molar-refractivity contribution in [1.82, 2.24) is 0 Å². The maximum absolute atomic E-state index is 12.2. The molecule has 92 valence electrons. The zero-order chi connectivity index (χ0) is 12.4. The van der Waals surface area contributed by atoms with E-state index >= 15 is 0 Å². The molecule has 0 fully saturated rings. The average Bonchev–Trinajstić information content (AvgIpc) is 2.52. The monoisotopic (exact) mass is 250 g/mol. The second kappa shape index (κ2) is 4.78. The zero-order valence-electron chi connectivity index (χ0n) is 9.77. The molecule has 1 unspecified atom stereocenters. The average molecular weight is 250 g/mol. The first kappa shape index (κ1) is 13.6. The van der Waals surface area contributed by atoms with Crippen molar-refractivity contribution in [3.63, 3.8) is 0 Å². The molecule has 0 N–H and O–H groups in total. The van der Waals surface area contributed by atoms with E-state index in [1.165, 1.54) is 11.3 Å². The van der Waals surface area contributed by atoms with Crippen LogP contribution in [0, 0.1) is 5.41 Å². The van der Waals surface area contributed by atoms with Crippen molar-refractivity contribution in [2.24, 2.45) is 5.41 Å². The van der Waals surface area contributed by atoms with Gasteiger partial charge in [0, 0.05) is 6.42 Å². The molecule has 0 spiro atoms. The Morgan fingerprint density at radius 2 is 1.88 bits per heavy atom. The van der Waals surface area contributed by atoms with E-state index in [1.54, 1.807) is 0 Å². The van der Waals surface area contributed by atoms with Gasteiger partial charge in [-0.2, -0.15) is 24.5 Å². The third-order valence-corrected chi connectivity index (χ3v) is 3.41. The smallest absolute Gasteiger partial charge is 0.171 e. The van der Waals surface area contributed by atoms with Crippen molar-refractivity contribution in [3.05, 3.63) is 22.4 Å². The van der Waals surface area contributed by atoms with E-state index in [1.807, 2.05) is 37.6 Å². The highest BCUT2D eigenvalue weighted by Crippen LogP contribution is 2.41. The topological polar surface area (TPSA) is 0 Å². The van der Waals surface area contributed by atoms with Gasteiger partial charge in [0.1, 0.15) is 0 Å². The summed E-state index contributed by atoms with van der Waals surface area (Å²) in [6.45, 7) is 5.98. The SMILES string of the molecule is CC(C)(C)C(CCC(F)(F)F)c1ccsc1. The summed E-state index contributed by atoms with van der Waals surface area (Å²) in [5.41, 5.74) is 0.897. The maximum Gasteiger partial charge on any atom is 0.389 e. The molecule has 1 rings (SSSR count). The fourth-order valence-electron chi connectivity index (χ4n) is 1.88. The van der Waals surface area contributed by atoms with E-state index < -0.39 is 12.6 Å². The van der Waals surface area contributed by atoms with Gasteiger partial charge in [0.05, 0.1) is 0 Å². The Morgan fingerprint density at radius 3 is 2.25 bits per heavy atom. The van der Waals surface area contributed by atoms with Crippen LogP contribution in [-0.4, -0.2) is 6.18 Å². The summed E-state index contributed by atoms with van der Waals surface area (Å²) in [7, 11) is 0. The second-order valence-corrected chi connectivity index (χ2v) is 5.91. The Balaban J connectivity index is 2.75. The Bertz CT molecular complexity index is 306. The number of alkyl halides is 3. The van der Waals surface area contributed by atoms with Crippen molar-refractivity contribution in [1.29, 1.82) is 0 Å². The highest BCUT2D eigenvalue weighted by molar-refractivity contribution is 7.07. The summed E-state index contributed by atoms with van der Waals surface area (Å²) in [6, 6.07) is 1.93. The molecule has 0 bridgehead atoms. The van der Waals surface area contributed by atoms with E-state index in [0.717, 1.165) is 5.56 Å². The first-order chi connectivity index (χ1) is 7.20. The number of hydrogen-bond donors (Lipinski definition) is 0. The van der Waals surface area contributed by atoms with Crippen LogP contribution in [0.2, 0.25) is 0 Å². The van der Waals surface area contributed by atoms with Crippen LogP contribution >= 0.6 is 11.3 Å². The molecule has 0 saturated carbocycles. The first-order valence-corrected chi connectivity index (χ1v) is 6.23. The molecule has 0 aliphatic carbocycles. The third kappa shape index (κ3) is 4.16. The van der Waals surface area contributed by atoms with Crippen molar-refractivity contribution in [2.75, 3.05) is 0 Å². The fraction of sp³-hybridized carbons (Fsp3) is 0.667. The van der Waals surface area contributed by atoms with Crippen LogP contribution < -0.4 is 0 Å². The number of hydrogen-bond acceptors (Lipinski definition) is 1. The fourth-order valence-corrected chi connectivity index (χ4v) is 2.60. The molecule has 0 radical (unpaired) electrons. The van der Waals surface area contributed by atoms with Gasteiger partial charge in [-0.05, 0) is 40.1 Å². The molecule has 4 heteroatoms. The lowest BCUT2D eigenvalue weighted by atomic mass is 9.75. The standard InChI is InChI=1S/C12H17F3S/c1-11(2,3)10(4-6-12(13,14)15)9-5-7-16-8-9/h5,7-8,10H,4,6H2,1-3H3. The lowest BCUT2D eigenvalue weighted by Crippen LogP contribution is -2.20. The molecule has 0 saturated heterocycles. The van der Waals surface area contributed by atoms with Crippen LogP contribution in [0.3, 0.4) is 0 Å². The van der Waals surface area contributed by atoms with Crippen LogP contribution in [0.1, 0.15) is 45.1 Å². The van der Waals surface area contributed by atoms with Gasteiger partial charge in [0.25, 0.3) is 0 Å². The van der Waals surface area contributed by atoms with E-state index in [2.05, 4.69) is 0 Å². The molecule has 0 aromatic carbocycles. The van der Waals surface area contributed by atoms with Crippen LogP contribution in [0.5, 0.6) is 0 Å².